The minimum absolute atomic E-state index is 0.167. The Labute approximate surface area is 183 Å². The van der Waals surface area contributed by atoms with Gasteiger partial charge < -0.3 is 29.2 Å². The summed E-state index contributed by atoms with van der Waals surface area (Å²) in [6.45, 7) is -0.167. The zero-order valence-corrected chi connectivity index (χ0v) is 18.4. The monoisotopic (exact) mass is 426 g/mol. The summed E-state index contributed by atoms with van der Waals surface area (Å²) < 4.78 is 22.2. The molecule has 2 aromatic carbocycles. The van der Waals surface area contributed by atoms with Gasteiger partial charge in [0.1, 0.15) is 23.0 Å². The minimum atomic E-state index is -0.977. The Balaban J connectivity index is 2.04. The van der Waals surface area contributed by atoms with Crippen molar-refractivity contribution >= 4 is 0 Å². The van der Waals surface area contributed by atoms with Crippen molar-refractivity contribution in [3.8, 4) is 11.5 Å². The first-order valence-corrected chi connectivity index (χ1v) is 10.1. The van der Waals surface area contributed by atoms with E-state index in [-0.39, 0.29) is 6.61 Å². The number of ether oxygens (including phenoxy) is 4. The molecular formula is C25H30O6. The van der Waals surface area contributed by atoms with Gasteiger partial charge in [-0.1, -0.05) is 30.3 Å². The van der Waals surface area contributed by atoms with Crippen molar-refractivity contribution in [2.45, 2.75) is 12.5 Å². The number of benzene rings is 2. The Kier molecular flexibility index (Phi) is 7.25. The van der Waals surface area contributed by atoms with E-state index in [2.05, 4.69) is 0 Å². The van der Waals surface area contributed by atoms with E-state index in [1.54, 1.807) is 46.6 Å². The number of hydrogen-bond donors (Lipinski definition) is 2. The molecule has 0 unspecified atom stereocenters. The maximum absolute atomic E-state index is 11.3. The standard InChI is InChI=1S/C25H30O6/c1-28-18-10-11-21(29-2)19(12-18)24(27)20-13-23(31-4)25(16-26,15-22(20)30-3)14-17-8-6-5-7-9-17/h5-13,15,20,24,26-27H,14,16H2,1-4H3/t20-,24+,25+/m1/s1. The van der Waals surface area contributed by atoms with Gasteiger partial charge in [0.2, 0.25) is 0 Å². The Morgan fingerprint density at radius 1 is 0.935 bits per heavy atom. The summed E-state index contributed by atoms with van der Waals surface area (Å²) in [5, 5.41) is 21.7. The zero-order chi connectivity index (χ0) is 22.4. The Bertz CT molecular complexity index is 936. The van der Waals surface area contributed by atoms with Crippen molar-refractivity contribution in [2.24, 2.45) is 11.3 Å². The smallest absolute Gasteiger partial charge is 0.124 e. The summed E-state index contributed by atoms with van der Waals surface area (Å²) in [5.41, 5.74) is 0.830. The van der Waals surface area contributed by atoms with Crippen molar-refractivity contribution in [2.75, 3.05) is 35.0 Å². The van der Waals surface area contributed by atoms with Crippen LogP contribution in [0, 0.1) is 11.3 Å². The molecule has 0 aromatic heterocycles. The third-order valence-electron chi connectivity index (χ3n) is 5.76. The van der Waals surface area contributed by atoms with Crippen molar-refractivity contribution in [1.29, 1.82) is 0 Å². The molecule has 0 amide bonds. The van der Waals surface area contributed by atoms with Gasteiger partial charge in [-0.05, 0) is 42.3 Å². The highest BCUT2D eigenvalue weighted by molar-refractivity contribution is 5.44. The van der Waals surface area contributed by atoms with Crippen molar-refractivity contribution in [3.63, 3.8) is 0 Å². The molecule has 2 N–H and O–H groups in total. The fourth-order valence-electron chi connectivity index (χ4n) is 4.11. The summed E-state index contributed by atoms with van der Waals surface area (Å²) >= 11 is 0. The first-order valence-electron chi connectivity index (χ1n) is 10.1. The summed E-state index contributed by atoms with van der Waals surface area (Å²) in [4.78, 5) is 0. The maximum atomic E-state index is 11.3. The normalized spacial score (nSPS) is 21.5. The van der Waals surface area contributed by atoms with Crippen molar-refractivity contribution in [1.82, 2.24) is 0 Å². The van der Waals surface area contributed by atoms with Gasteiger partial charge in [0.15, 0.2) is 0 Å². The zero-order valence-electron chi connectivity index (χ0n) is 18.4. The summed E-state index contributed by atoms with van der Waals surface area (Å²) in [6.07, 6.45) is 3.23. The topological polar surface area (TPSA) is 77.4 Å². The van der Waals surface area contributed by atoms with Gasteiger partial charge in [0.25, 0.3) is 0 Å². The van der Waals surface area contributed by atoms with E-state index < -0.39 is 17.4 Å². The first kappa shape index (κ1) is 22.7. The third kappa shape index (κ3) is 4.55. The van der Waals surface area contributed by atoms with Crippen LogP contribution in [-0.2, 0) is 15.9 Å². The van der Waals surface area contributed by atoms with Crippen LogP contribution in [0.5, 0.6) is 11.5 Å². The van der Waals surface area contributed by atoms with Crippen LogP contribution in [0.3, 0.4) is 0 Å². The largest absolute Gasteiger partial charge is 0.501 e. The van der Waals surface area contributed by atoms with E-state index in [1.807, 2.05) is 42.5 Å². The molecule has 0 saturated heterocycles. The fourth-order valence-corrected chi connectivity index (χ4v) is 4.11. The Morgan fingerprint density at radius 3 is 2.26 bits per heavy atom. The molecule has 0 spiro atoms. The highest BCUT2D eigenvalue weighted by Gasteiger charge is 2.41. The van der Waals surface area contributed by atoms with Crippen LogP contribution in [0.15, 0.2) is 72.2 Å². The fraction of sp³-hybridized carbons (Fsp3) is 0.360. The second-order valence-electron chi connectivity index (χ2n) is 7.54. The van der Waals surface area contributed by atoms with E-state index in [0.29, 0.717) is 35.0 Å². The number of rotatable bonds is 9. The predicted molar refractivity (Wildman–Crippen MR) is 118 cm³/mol. The lowest BCUT2D eigenvalue weighted by molar-refractivity contribution is 0.0767. The van der Waals surface area contributed by atoms with Crippen LogP contribution in [0.4, 0.5) is 0 Å². The van der Waals surface area contributed by atoms with Crippen LogP contribution in [0.1, 0.15) is 17.2 Å². The number of aliphatic hydroxyl groups is 2. The van der Waals surface area contributed by atoms with E-state index in [0.717, 1.165) is 5.56 Å². The summed E-state index contributed by atoms with van der Waals surface area (Å²) in [5.74, 6) is 1.74. The average molecular weight is 427 g/mol. The van der Waals surface area contributed by atoms with Crippen LogP contribution < -0.4 is 9.47 Å². The molecule has 3 atom stereocenters. The maximum Gasteiger partial charge on any atom is 0.124 e. The predicted octanol–water partition coefficient (Wildman–Crippen LogP) is 3.65. The SMILES string of the molecule is COC1=C[C@](CO)(Cc2ccccc2)C(OC)=C[C@H]1[C@@H](O)c1cc(OC)ccc1OC. The highest BCUT2D eigenvalue weighted by atomic mass is 16.5. The first-order chi connectivity index (χ1) is 15.0. The van der Waals surface area contributed by atoms with E-state index >= 15 is 0 Å². The van der Waals surface area contributed by atoms with Crippen molar-refractivity contribution < 1.29 is 29.2 Å². The molecule has 31 heavy (non-hydrogen) atoms. The lowest BCUT2D eigenvalue weighted by Gasteiger charge is -2.37. The molecule has 0 heterocycles. The number of methoxy groups -OCH3 is 4. The van der Waals surface area contributed by atoms with Gasteiger partial charge in [-0.3, -0.25) is 0 Å². The third-order valence-corrected chi connectivity index (χ3v) is 5.76. The Hall–Kier alpha value is -2.96. The van der Waals surface area contributed by atoms with E-state index in [1.165, 1.54) is 0 Å². The molecule has 1 aliphatic rings. The van der Waals surface area contributed by atoms with Gasteiger partial charge in [0.05, 0.1) is 52.5 Å². The van der Waals surface area contributed by atoms with Gasteiger partial charge in [-0.2, -0.15) is 0 Å². The summed E-state index contributed by atoms with van der Waals surface area (Å²) in [6, 6.07) is 15.2. The average Bonchev–Trinajstić information content (AvgIpc) is 2.83. The van der Waals surface area contributed by atoms with Crippen LogP contribution in [0.2, 0.25) is 0 Å². The lowest BCUT2D eigenvalue weighted by Crippen LogP contribution is -2.35. The molecular weight excluding hydrogens is 396 g/mol. The molecule has 0 saturated carbocycles. The lowest BCUT2D eigenvalue weighted by atomic mass is 9.73. The second-order valence-corrected chi connectivity index (χ2v) is 7.54. The second kappa shape index (κ2) is 9.90. The van der Waals surface area contributed by atoms with Gasteiger partial charge in [-0.15, -0.1) is 0 Å². The molecule has 0 aliphatic heterocycles. The molecule has 3 rings (SSSR count). The molecule has 6 heteroatoms. The number of aliphatic hydroxyl groups excluding tert-OH is 2. The Morgan fingerprint density at radius 2 is 1.68 bits per heavy atom. The minimum Gasteiger partial charge on any atom is -0.501 e. The summed E-state index contributed by atoms with van der Waals surface area (Å²) in [7, 11) is 6.26. The van der Waals surface area contributed by atoms with Crippen LogP contribution in [-0.4, -0.2) is 45.3 Å². The molecule has 0 radical (unpaired) electrons. The van der Waals surface area contributed by atoms with Gasteiger partial charge >= 0.3 is 0 Å². The molecule has 2 aromatic rings. The molecule has 0 bridgehead atoms. The quantitative estimate of drug-likeness (QED) is 0.637. The highest BCUT2D eigenvalue weighted by Crippen LogP contribution is 2.45. The molecule has 1 aliphatic carbocycles. The van der Waals surface area contributed by atoms with E-state index in [9.17, 15) is 10.2 Å². The molecule has 6 nitrogen and oxygen atoms in total. The van der Waals surface area contributed by atoms with Crippen molar-refractivity contribution in [3.05, 3.63) is 83.3 Å². The molecule has 166 valence electrons. The van der Waals surface area contributed by atoms with Crippen LogP contribution in [0.25, 0.3) is 0 Å². The van der Waals surface area contributed by atoms with Gasteiger partial charge in [0, 0.05) is 5.56 Å². The van der Waals surface area contributed by atoms with Crippen LogP contribution >= 0.6 is 0 Å². The van der Waals surface area contributed by atoms with Gasteiger partial charge in [-0.25, -0.2) is 0 Å². The number of hydrogen-bond acceptors (Lipinski definition) is 6. The molecule has 0 fully saturated rings. The van der Waals surface area contributed by atoms with E-state index in [4.69, 9.17) is 18.9 Å².